The Labute approximate surface area is 123 Å². The van der Waals surface area contributed by atoms with Gasteiger partial charge in [-0.3, -0.25) is 5.43 Å². The van der Waals surface area contributed by atoms with Gasteiger partial charge in [0.2, 0.25) is 0 Å². The number of methoxy groups -OCH3 is 2. The van der Waals surface area contributed by atoms with Gasteiger partial charge in [-0.2, -0.15) is 5.10 Å². The number of hydrogen-bond donors (Lipinski definition) is 1. The number of allylic oxidation sites excluding steroid dienone is 1. The standard InChI is InChI=1S/C16H17N3O2/c1-20-14-9-8-13(12-15(14)21-2)6-5-11-18-19-16-7-3-4-10-17-16/h3-12H,1-2H3,(H,17,19)/b6-5+,18-11?. The van der Waals surface area contributed by atoms with Gasteiger partial charge in [-0.25, -0.2) is 4.98 Å². The molecule has 0 unspecified atom stereocenters. The summed E-state index contributed by atoms with van der Waals surface area (Å²) in [5, 5.41) is 4.05. The highest BCUT2D eigenvalue weighted by Gasteiger charge is 2.01. The third-order valence-electron chi connectivity index (χ3n) is 2.70. The van der Waals surface area contributed by atoms with Crippen molar-refractivity contribution in [2.24, 2.45) is 5.10 Å². The molecule has 0 spiro atoms. The van der Waals surface area contributed by atoms with Crippen LogP contribution in [0.15, 0.2) is 53.8 Å². The van der Waals surface area contributed by atoms with E-state index in [1.54, 1.807) is 26.6 Å². The van der Waals surface area contributed by atoms with Gasteiger partial charge in [0.1, 0.15) is 5.82 Å². The van der Waals surface area contributed by atoms with Gasteiger partial charge in [-0.15, -0.1) is 0 Å². The third kappa shape index (κ3) is 4.35. The van der Waals surface area contributed by atoms with Crippen molar-refractivity contribution >= 4 is 18.1 Å². The van der Waals surface area contributed by atoms with Crippen LogP contribution >= 0.6 is 0 Å². The number of nitrogens with zero attached hydrogens (tertiary/aromatic N) is 2. The van der Waals surface area contributed by atoms with E-state index in [1.165, 1.54) is 0 Å². The summed E-state index contributed by atoms with van der Waals surface area (Å²) in [4.78, 5) is 4.10. The zero-order valence-electron chi connectivity index (χ0n) is 12.0. The fourth-order valence-electron chi connectivity index (χ4n) is 1.69. The zero-order chi connectivity index (χ0) is 14.9. The number of rotatable bonds is 6. The second-order valence-electron chi connectivity index (χ2n) is 4.08. The number of anilines is 1. The van der Waals surface area contributed by atoms with Crippen LogP contribution < -0.4 is 14.9 Å². The number of benzene rings is 1. The molecular formula is C16H17N3O2. The Morgan fingerprint density at radius 2 is 1.95 bits per heavy atom. The first-order chi connectivity index (χ1) is 10.3. The molecule has 0 amide bonds. The van der Waals surface area contributed by atoms with E-state index in [2.05, 4.69) is 15.5 Å². The molecule has 108 valence electrons. The molecule has 1 aromatic heterocycles. The predicted octanol–water partition coefficient (Wildman–Crippen LogP) is 3.21. The first-order valence-corrected chi connectivity index (χ1v) is 6.42. The Hall–Kier alpha value is -2.82. The monoisotopic (exact) mass is 283 g/mol. The number of ether oxygens (including phenoxy) is 2. The minimum atomic E-state index is 0.697. The van der Waals surface area contributed by atoms with Crippen molar-refractivity contribution in [2.45, 2.75) is 0 Å². The van der Waals surface area contributed by atoms with Gasteiger partial charge < -0.3 is 9.47 Å². The molecule has 21 heavy (non-hydrogen) atoms. The van der Waals surface area contributed by atoms with Crippen LogP contribution in [-0.2, 0) is 0 Å². The second kappa shape index (κ2) is 7.69. The van der Waals surface area contributed by atoms with Gasteiger partial charge >= 0.3 is 0 Å². The Morgan fingerprint density at radius 1 is 1.10 bits per heavy atom. The largest absolute Gasteiger partial charge is 0.493 e. The third-order valence-corrected chi connectivity index (χ3v) is 2.70. The first-order valence-electron chi connectivity index (χ1n) is 6.42. The Kier molecular flexibility index (Phi) is 5.34. The van der Waals surface area contributed by atoms with Crippen molar-refractivity contribution in [3.8, 4) is 11.5 Å². The van der Waals surface area contributed by atoms with E-state index in [0.717, 1.165) is 5.56 Å². The molecule has 0 aliphatic heterocycles. The van der Waals surface area contributed by atoms with E-state index in [4.69, 9.17) is 9.47 Å². The van der Waals surface area contributed by atoms with Gasteiger partial charge in [-0.1, -0.05) is 18.2 Å². The highest BCUT2D eigenvalue weighted by atomic mass is 16.5. The van der Waals surface area contributed by atoms with Crippen LogP contribution in [0.4, 0.5) is 5.82 Å². The number of nitrogens with one attached hydrogen (secondary N) is 1. The van der Waals surface area contributed by atoms with Crippen LogP contribution in [-0.4, -0.2) is 25.4 Å². The van der Waals surface area contributed by atoms with E-state index < -0.39 is 0 Å². The second-order valence-corrected chi connectivity index (χ2v) is 4.08. The van der Waals surface area contributed by atoms with Crippen LogP contribution in [0.1, 0.15) is 5.56 Å². The van der Waals surface area contributed by atoms with E-state index >= 15 is 0 Å². The van der Waals surface area contributed by atoms with Gasteiger partial charge in [0.25, 0.3) is 0 Å². The highest BCUT2D eigenvalue weighted by Crippen LogP contribution is 2.27. The van der Waals surface area contributed by atoms with E-state index in [0.29, 0.717) is 17.3 Å². The predicted molar refractivity (Wildman–Crippen MR) is 84.9 cm³/mol. The Bertz CT molecular complexity index is 625. The maximum Gasteiger partial charge on any atom is 0.161 e. The fourth-order valence-corrected chi connectivity index (χ4v) is 1.69. The first kappa shape index (κ1) is 14.6. The number of aromatic nitrogens is 1. The van der Waals surface area contributed by atoms with Crippen LogP contribution in [0.2, 0.25) is 0 Å². The zero-order valence-corrected chi connectivity index (χ0v) is 12.0. The molecule has 1 heterocycles. The normalized spacial score (nSPS) is 11.0. The lowest BCUT2D eigenvalue weighted by Gasteiger charge is -2.07. The average molecular weight is 283 g/mol. The summed E-state index contributed by atoms with van der Waals surface area (Å²) in [5.74, 6) is 2.11. The lowest BCUT2D eigenvalue weighted by atomic mass is 10.2. The number of hydrazone groups is 1. The minimum absolute atomic E-state index is 0.697. The molecule has 1 aromatic carbocycles. The molecule has 0 radical (unpaired) electrons. The van der Waals surface area contributed by atoms with Crippen LogP contribution in [0, 0.1) is 0 Å². The average Bonchev–Trinajstić information content (AvgIpc) is 2.55. The SMILES string of the molecule is COc1ccc(/C=C/C=NNc2ccccn2)cc1OC. The Balaban J connectivity index is 1.95. The van der Waals surface area contributed by atoms with Crippen LogP contribution in [0.5, 0.6) is 11.5 Å². The quantitative estimate of drug-likeness (QED) is 0.653. The van der Waals surface area contributed by atoms with Gasteiger partial charge in [0.05, 0.1) is 14.2 Å². The molecule has 5 heteroatoms. The smallest absolute Gasteiger partial charge is 0.161 e. The molecule has 0 saturated heterocycles. The van der Waals surface area contributed by atoms with Crippen molar-refractivity contribution in [1.82, 2.24) is 4.98 Å². The van der Waals surface area contributed by atoms with Crippen molar-refractivity contribution in [3.63, 3.8) is 0 Å². The maximum atomic E-state index is 5.25. The fraction of sp³-hybridized carbons (Fsp3) is 0.125. The van der Waals surface area contributed by atoms with Gasteiger partial charge in [0, 0.05) is 12.4 Å². The van der Waals surface area contributed by atoms with Crippen molar-refractivity contribution in [3.05, 3.63) is 54.2 Å². The molecule has 0 aliphatic rings. The molecule has 0 atom stereocenters. The molecule has 1 N–H and O–H groups in total. The van der Waals surface area contributed by atoms with Crippen molar-refractivity contribution in [2.75, 3.05) is 19.6 Å². The van der Waals surface area contributed by atoms with Gasteiger partial charge in [-0.05, 0) is 35.9 Å². The summed E-state index contributed by atoms with van der Waals surface area (Å²) in [6.07, 6.45) is 7.12. The molecule has 0 fully saturated rings. The molecular weight excluding hydrogens is 266 g/mol. The van der Waals surface area contributed by atoms with Crippen LogP contribution in [0.25, 0.3) is 6.08 Å². The van der Waals surface area contributed by atoms with Gasteiger partial charge in [0.15, 0.2) is 11.5 Å². The number of hydrogen-bond acceptors (Lipinski definition) is 5. The summed E-state index contributed by atoms with van der Waals surface area (Å²) >= 11 is 0. The lowest BCUT2D eigenvalue weighted by Crippen LogP contribution is -1.91. The van der Waals surface area contributed by atoms with Crippen LogP contribution in [0.3, 0.4) is 0 Å². The maximum absolute atomic E-state index is 5.25. The molecule has 2 rings (SSSR count). The van der Waals surface area contributed by atoms with Crippen molar-refractivity contribution < 1.29 is 9.47 Å². The van der Waals surface area contributed by atoms with Crippen molar-refractivity contribution in [1.29, 1.82) is 0 Å². The summed E-state index contributed by atoms with van der Waals surface area (Å²) in [6, 6.07) is 11.3. The minimum Gasteiger partial charge on any atom is -0.493 e. The summed E-state index contributed by atoms with van der Waals surface area (Å²) in [5.41, 5.74) is 3.83. The molecule has 0 aliphatic carbocycles. The lowest BCUT2D eigenvalue weighted by molar-refractivity contribution is 0.355. The number of pyridine rings is 1. The Morgan fingerprint density at radius 3 is 2.67 bits per heavy atom. The topological polar surface area (TPSA) is 55.7 Å². The molecule has 2 aromatic rings. The summed E-state index contributed by atoms with van der Waals surface area (Å²) in [7, 11) is 3.23. The van der Waals surface area contributed by atoms with E-state index in [1.807, 2.05) is 48.6 Å². The van der Waals surface area contributed by atoms with E-state index in [-0.39, 0.29) is 0 Å². The molecule has 0 bridgehead atoms. The van der Waals surface area contributed by atoms with E-state index in [9.17, 15) is 0 Å². The molecule has 0 saturated carbocycles. The summed E-state index contributed by atoms with van der Waals surface area (Å²) in [6.45, 7) is 0. The highest BCUT2D eigenvalue weighted by molar-refractivity contribution is 5.79. The summed E-state index contributed by atoms with van der Waals surface area (Å²) < 4.78 is 10.4. The molecule has 5 nitrogen and oxygen atoms in total.